The summed E-state index contributed by atoms with van der Waals surface area (Å²) in [6, 6.07) is 8.12. The largest absolute Gasteiger partial charge is 0.339 e. The molecule has 4 heteroatoms. The van der Waals surface area contributed by atoms with E-state index in [2.05, 4.69) is 16.2 Å². The summed E-state index contributed by atoms with van der Waals surface area (Å²) in [4.78, 5) is 4.48. The molecule has 1 heterocycles. The topological polar surface area (TPSA) is 64.9 Å². The second-order valence-corrected chi connectivity index (χ2v) is 4.82. The van der Waals surface area contributed by atoms with E-state index in [4.69, 9.17) is 10.3 Å². The summed E-state index contributed by atoms with van der Waals surface area (Å²) >= 11 is 0. The molecule has 1 aromatic carbocycles. The maximum absolute atomic E-state index is 5.72. The molecule has 2 aromatic rings. The third kappa shape index (κ3) is 2.16. The second-order valence-electron chi connectivity index (χ2n) is 4.82. The molecular weight excluding hydrogens is 226 g/mol. The van der Waals surface area contributed by atoms with Gasteiger partial charge in [0.1, 0.15) is 0 Å². The lowest BCUT2D eigenvalue weighted by atomic mass is 9.85. The van der Waals surface area contributed by atoms with Gasteiger partial charge in [-0.05, 0) is 24.0 Å². The van der Waals surface area contributed by atoms with E-state index in [-0.39, 0.29) is 0 Å². The summed E-state index contributed by atoms with van der Waals surface area (Å²) in [7, 11) is 0. The molecule has 0 atom stereocenters. The fourth-order valence-corrected chi connectivity index (χ4v) is 2.26. The zero-order valence-electron chi connectivity index (χ0n) is 10.3. The van der Waals surface area contributed by atoms with Crippen LogP contribution < -0.4 is 5.73 Å². The Morgan fingerprint density at radius 3 is 2.67 bits per heavy atom. The van der Waals surface area contributed by atoms with Gasteiger partial charge in [0.05, 0.1) is 6.42 Å². The minimum atomic E-state index is 0.521. The highest BCUT2D eigenvalue weighted by molar-refractivity contribution is 5.29. The Kier molecular flexibility index (Phi) is 3.11. The first kappa shape index (κ1) is 11.4. The van der Waals surface area contributed by atoms with E-state index >= 15 is 0 Å². The first-order valence-electron chi connectivity index (χ1n) is 6.46. The highest BCUT2D eigenvalue weighted by atomic mass is 16.5. The van der Waals surface area contributed by atoms with E-state index in [1.165, 1.54) is 24.8 Å². The van der Waals surface area contributed by atoms with E-state index in [0.29, 0.717) is 24.8 Å². The molecule has 0 unspecified atom stereocenters. The summed E-state index contributed by atoms with van der Waals surface area (Å²) < 4.78 is 5.32. The predicted octanol–water partition coefficient (Wildman–Crippen LogP) is 2.39. The second kappa shape index (κ2) is 4.90. The molecule has 0 aliphatic heterocycles. The third-order valence-corrected chi connectivity index (χ3v) is 3.63. The van der Waals surface area contributed by atoms with Crippen LogP contribution in [0.2, 0.25) is 0 Å². The Morgan fingerprint density at radius 2 is 2.00 bits per heavy atom. The van der Waals surface area contributed by atoms with Crippen LogP contribution in [0.4, 0.5) is 0 Å². The zero-order chi connectivity index (χ0) is 12.4. The van der Waals surface area contributed by atoms with Crippen LogP contribution >= 0.6 is 0 Å². The average molecular weight is 243 g/mol. The molecule has 0 spiro atoms. The molecule has 1 aliphatic carbocycles. The van der Waals surface area contributed by atoms with Crippen LogP contribution in [0.3, 0.4) is 0 Å². The van der Waals surface area contributed by atoms with Gasteiger partial charge in [0.15, 0.2) is 5.82 Å². The fraction of sp³-hybridized carbons (Fsp3) is 0.429. The monoisotopic (exact) mass is 243 g/mol. The molecular formula is C14H17N3O. The molecule has 3 rings (SSSR count). The van der Waals surface area contributed by atoms with Gasteiger partial charge in [0, 0.05) is 12.5 Å². The lowest BCUT2D eigenvalue weighted by molar-refractivity contribution is 0.350. The van der Waals surface area contributed by atoms with Crippen LogP contribution in [-0.2, 0) is 13.0 Å². The van der Waals surface area contributed by atoms with Crippen molar-refractivity contribution in [3.05, 3.63) is 47.1 Å². The fourth-order valence-electron chi connectivity index (χ4n) is 2.26. The zero-order valence-corrected chi connectivity index (χ0v) is 10.3. The highest BCUT2D eigenvalue weighted by Crippen LogP contribution is 2.34. The average Bonchev–Trinajstić information content (AvgIpc) is 2.76. The first-order valence-corrected chi connectivity index (χ1v) is 6.46. The number of aromatic nitrogens is 2. The Balaban J connectivity index is 1.77. The Hall–Kier alpha value is -1.68. The van der Waals surface area contributed by atoms with E-state index in [0.717, 1.165) is 11.4 Å². The van der Waals surface area contributed by atoms with Crippen LogP contribution in [0.5, 0.6) is 0 Å². The molecule has 1 saturated carbocycles. The summed E-state index contributed by atoms with van der Waals surface area (Å²) in [6.45, 7) is 0.541. The molecule has 0 bridgehead atoms. The summed E-state index contributed by atoms with van der Waals surface area (Å²) in [5.74, 6) is 2.09. The van der Waals surface area contributed by atoms with Crippen molar-refractivity contribution in [2.45, 2.75) is 38.1 Å². The standard InChI is InChI=1S/C14H17N3O/c15-9-12-5-2-1-4-11(12)8-13-16-14(17-18-13)10-6-3-7-10/h1-2,4-5,10H,3,6-9,15H2. The van der Waals surface area contributed by atoms with Crippen molar-refractivity contribution in [2.75, 3.05) is 0 Å². The minimum Gasteiger partial charge on any atom is -0.339 e. The Morgan fingerprint density at radius 1 is 1.22 bits per heavy atom. The molecule has 94 valence electrons. The molecule has 1 aliphatic rings. The van der Waals surface area contributed by atoms with Gasteiger partial charge in [-0.3, -0.25) is 0 Å². The van der Waals surface area contributed by atoms with Crippen molar-refractivity contribution in [1.29, 1.82) is 0 Å². The molecule has 1 fully saturated rings. The van der Waals surface area contributed by atoms with Gasteiger partial charge in [-0.1, -0.05) is 35.8 Å². The molecule has 18 heavy (non-hydrogen) atoms. The highest BCUT2D eigenvalue weighted by Gasteiger charge is 2.24. The van der Waals surface area contributed by atoms with Crippen LogP contribution in [0.1, 0.15) is 48.0 Å². The van der Waals surface area contributed by atoms with Crippen LogP contribution in [0.15, 0.2) is 28.8 Å². The summed E-state index contributed by atoms with van der Waals surface area (Å²) in [5.41, 5.74) is 8.03. The van der Waals surface area contributed by atoms with Crippen molar-refractivity contribution in [2.24, 2.45) is 5.73 Å². The predicted molar refractivity (Wildman–Crippen MR) is 68.0 cm³/mol. The third-order valence-electron chi connectivity index (χ3n) is 3.63. The first-order chi connectivity index (χ1) is 8.86. The molecule has 4 nitrogen and oxygen atoms in total. The number of rotatable bonds is 4. The smallest absolute Gasteiger partial charge is 0.231 e. The molecule has 2 N–H and O–H groups in total. The Labute approximate surface area is 106 Å². The maximum Gasteiger partial charge on any atom is 0.231 e. The normalized spacial score (nSPS) is 15.6. The Bertz CT molecular complexity index is 531. The SMILES string of the molecule is NCc1ccccc1Cc1nc(C2CCC2)no1. The van der Waals surface area contributed by atoms with Gasteiger partial charge in [0.25, 0.3) is 0 Å². The van der Waals surface area contributed by atoms with Gasteiger partial charge in [-0.15, -0.1) is 0 Å². The maximum atomic E-state index is 5.72. The summed E-state index contributed by atoms with van der Waals surface area (Å²) in [6.07, 6.45) is 4.34. The van der Waals surface area contributed by atoms with Gasteiger partial charge < -0.3 is 10.3 Å². The minimum absolute atomic E-state index is 0.521. The van der Waals surface area contributed by atoms with Crippen LogP contribution in [0.25, 0.3) is 0 Å². The van der Waals surface area contributed by atoms with Gasteiger partial charge in [-0.25, -0.2) is 0 Å². The lowest BCUT2D eigenvalue weighted by Crippen LogP contribution is -2.10. The van der Waals surface area contributed by atoms with Crippen molar-refractivity contribution >= 4 is 0 Å². The van der Waals surface area contributed by atoms with Crippen LogP contribution in [-0.4, -0.2) is 10.1 Å². The van der Waals surface area contributed by atoms with Crippen LogP contribution in [0, 0.1) is 0 Å². The van der Waals surface area contributed by atoms with Gasteiger partial charge >= 0.3 is 0 Å². The van der Waals surface area contributed by atoms with Gasteiger partial charge in [0.2, 0.25) is 5.89 Å². The summed E-state index contributed by atoms with van der Waals surface area (Å²) in [5, 5.41) is 4.07. The molecule has 0 amide bonds. The number of benzene rings is 1. The van der Waals surface area contributed by atoms with E-state index in [9.17, 15) is 0 Å². The van der Waals surface area contributed by atoms with Crippen molar-refractivity contribution in [3.8, 4) is 0 Å². The molecule has 1 aromatic heterocycles. The number of hydrogen-bond acceptors (Lipinski definition) is 4. The van der Waals surface area contributed by atoms with E-state index in [1.54, 1.807) is 0 Å². The van der Waals surface area contributed by atoms with E-state index in [1.807, 2.05) is 18.2 Å². The van der Waals surface area contributed by atoms with Crippen molar-refractivity contribution in [3.63, 3.8) is 0 Å². The quantitative estimate of drug-likeness (QED) is 0.895. The molecule has 0 saturated heterocycles. The van der Waals surface area contributed by atoms with Gasteiger partial charge in [-0.2, -0.15) is 4.98 Å². The van der Waals surface area contributed by atoms with Crippen molar-refractivity contribution in [1.82, 2.24) is 10.1 Å². The number of hydrogen-bond donors (Lipinski definition) is 1. The number of nitrogens with zero attached hydrogens (tertiary/aromatic N) is 2. The van der Waals surface area contributed by atoms with Crippen molar-refractivity contribution < 1.29 is 4.52 Å². The lowest BCUT2D eigenvalue weighted by Gasteiger charge is -2.20. The van der Waals surface area contributed by atoms with E-state index < -0.39 is 0 Å². The number of nitrogens with two attached hydrogens (primary N) is 1. The molecule has 0 radical (unpaired) electrons.